The van der Waals surface area contributed by atoms with Crippen LogP contribution in [0.2, 0.25) is 0 Å². The lowest BCUT2D eigenvalue weighted by Gasteiger charge is -1.98. The maximum atomic E-state index is 11.3. The molecule has 0 saturated heterocycles. The van der Waals surface area contributed by atoms with Gasteiger partial charge in [0.15, 0.2) is 0 Å². The van der Waals surface area contributed by atoms with E-state index in [0.29, 0.717) is 0 Å². The molecule has 0 radical (unpaired) electrons. The zero-order chi connectivity index (χ0) is 7.00. The number of alkyl halides is 3. The Bertz CT molecular complexity index is 166. The molecule has 50 valence electrons. The molecule has 0 aliphatic heterocycles. The lowest BCUT2D eigenvalue weighted by molar-refractivity contribution is 0.207. The SMILES string of the molecule is O=S(=O)(F)C(F)(F)I. The third-order valence-corrected chi connectivity index (χ3v) is 2.41. The Hall–Kier alpha value is 0.470. The fraction of sp³-hybridized carbons (Fsp3) is 1.00. The van der Waals surface area contributed by atoms with Crippen molar-refractivity contribution in [1.82, 2.24) is 0 Å². The summed E-state index contributed by atoms with van der Waals surface area (Å²) >= 11 is 0.187. The average Bonchev–Trinajstić information content (AvgIpc) is 1.25. The van der Waals surface area contributed by atoms with Crippen molar-refractivity contribution >= 4 is 32.8 Å². The van der Waals surface area contributed by atoms with Gasteiger partial charge in [-0.3, -0.25) is 0 Å². The molecule has 0 bridgehead atoms. The lowest BCUT2D eigenvalue weighted by Crippen LogP contribution is -2.14. The quantitative estimate of drug-likeness (QED) is 0.404. The summed E-state index contributed by atoms with van der Waals surface area (Å²) in [5.41, 5.74) is 0. The molecule has 0 N–H and O–H groups in total. The summed E-state index contributed by atoms with van der Waals surface area (Å²) in [6.07, 6.45) is 0. The van der Waals surface area contributed by atoms with Gasteiger partial charge in [0.1, 0.15) is 0 Å². The Balaban J connectivity index is 4.53. The molecule has 0 saturated carbocycles. The van der Waals surface area contributed by atoms with E-state index in [9.17, 15) is 21.1 Å². The number of hydrogen-bond donors (Lipinski definition) is 0. The van der Waals surface area contributed by atoms with Crippen LogP contribution in [0.1, 0.15) is 0 Å². The number of rotatable bonds is 1. The molecule has 0 atom stereocenters. The van der Waals surface area contributed by atoms with E-state index in [1.54, 1.807) is 0 Å². The predicted octanol–water partition coefficient (Wildman–Crippen LogP) is 1.27. The third-order valence-electron chi connectivity index (χ3n) is 0.276. The highest BCUT2D eigenvalue weighted by molar-refractivity contribution is 14.1. The van der Waals surface area contributed by atoms with Crippen molar-refractivity contribution < 1.29 is 21.1 Å². The van der Waals surface area contributed by atoms with E-state index in [0.717, 1.165) is 0 Å². The van der Waals surface area contributed by atoms with Gasteiger partial charge in [-0.2, -0.15) is 17.2 Å². The van der Waals surface area contributed by atoms with Crippen molar-refractivity contribution in [2.24, 2.45) is 0 Å². The third kappa shape index (κ3) is 2.16. The molecular formula is CF3IO2S. The summed E-state index contributed by atoms with van der Waals surface area (Å²) < 4.78 is 47.8. The molecule has 0 aliphatic rings. The van der Waals surface area contributed by atoms with E-state index in [4.69, 9.17) is 0 Å². The van der Waals surface area contributed by atoms with Crippen molar-refractivity contribution in [3.05, 3.63) is 0 Å². The summed E-state index contributed by atoms with van der Waals surface area (Å²) in [7, 11) is -5.69. The average molecular weight is 260 g/mol. The fourth-order valence-corrected chi connectivity index (χ4v) is 0. The van der Waals surface area contributed by atoms with E-state index >= 15 is 0 Å². The van der Waals surface area contributed by atoms with Crippen molar-refractivity contribution in [2.45, 2.75) is 3.26 Å². The van der Waals surface area contributed by atoms with Gasteiger partial charge >= 0.3 is 13.5 Å². The zero-order valence-corrected chi connectivity index (χ0v) is 6.21. The monoisotopic (exact) mass is 260 g/mol. The highest BCUT2D eigenvalue weighted by Gasteiger charge is 2.42. The van der Waals surface area contributed by atoms with E-state index in [2.05, 4.69) is 0 Å². The summed E-state index contributed by atoms with van der Waals surface area (Å²) in [6, 6.07) is 0. The summed E-state index contributed by atoms with van der Waals surface area (Å²) in [5.74, 6) is 0. The van der Waals surface area contributed by atoms with Crippen LogP contribution >= 0.6 is 22.6 Å². The molecule has 0 spiro atoms. The van der Waals surface area contributed by atoms with Crippen LogP contribution in [0.4, 0.5) is 12.7 Å². The molecule has 0 unspecified atom stereocenters. The van der Waals surface area contributed by atoms with Crippen LogP contribution in [0, 0.1) is 0 Å². The van der Waals surface area contributed by atoms with Crippen LogP contribution in [0.5, 0.6) is 0 Å². The van der Waals surface area contributed by atoms with Gasteiger partial charge in [-0.25, -0.2) is 0 Å². The first-order chi connectivity index (χ1) is 3.25. The molecule has 8 heavy (non-hydrogen) atoms. The molecule has 0 aromatic carbocycles. The van der Waals surface area contributed by atoms with E-state index in [-0.39, 0.29) is 22.6 Å². The standard InChI is InChI=1S/CF3IO2S/c2-1(3,5)8(4,6)7. The van der Waals surface area contributed by atoms with E-state index in [1.165, 1.54) is 0 Å². The molecule has 0 aliphatic carbocycles. The first kappa shape index (κ1) is 8.47. The van der Waals surface area contributed by atoms with Crippen molar-refractivity contribution in [1.29, 1.82) is 0 Å². The van der Waals surface area contributed by atoms with Gasteiger partial charge in [-0.1, -0.05) is 3.89 Å². The first-order valence-corrected chi connectivity index (χ1v) is 3.72. The number of halogens is 4. The Morgan fingerprint density at radius 1 is 1.38 bits per heavy atom. The Morgan fingerprint density at radius 2 is 1.50 bits per heavy atom. The number of hydrogen-bond acceptors (Lipinski definition) is 2. The van der Waals surface area contributed by atoms with Crippen LogP contribution in [0.3, 0.4) is 0 Å². The van der Waals surface area contributed by atoms with Gasteiger partial charge < -0.3 is 0 Å². The van der Waals surface area contributed by atoms with Gasteiger partial charge in [0, 0.05) is 22.6 Å². The van der Waals surface area contributed by atoms with Crippen molar-refractivity contribution in [2.75, 3.05) is 0 Å². The second-order valence-electron chi connectivity index (χ2n) is 0.884. The van der Waals surface area contributed by atoms with Crippen molar-refractivity contribution in [3.8, 4) is 0 Å². The molecule has 2 nitrogen and oxygen atoms in total. The van der Waals surface area contributed by atoms with Gasteiger partial charge in [0.05, 0.1) is 0 Å². The van der Waals surface area contributed by atoms with E-state index < -0.39 is 13.5 Å². The largest absolute Gasteiger partial charge is 0.422 e. The van der Waals surface area contributed by atoms with Crippen molar-refractivity contribution in [3.63, 3.8) is 0 Å². The molecule has 0 aromatic heterocycles. The Kier molecular flexibility index (Phi) is 2.13. The fourth-order valence-electron chi connectivity index (χ4n) is 0. The van der Waals surface area contributed by atoms with Crippen LogP contribution in [-0.4, -0.2) is 11.7 Å². The first-order valence-electron chi connectivity index (χ1n) is 1.26. The maximum Gasteiger partial charge on any atom is 0.422 e. The predicted molar refractivity (Wildman–Crippen MR) is 29.0 cm³/mol. The normalized spacial score (nSPS) is 14.0. The topological polar surface area (TPSA) is 34.1 Å². The summed E-state index contributed by atoms with van der Waals surface area (Å²) in [4.78, 5) is 0. The molecule has 7 heteroatoms. The molecule has 0 amide bonds. The minimum absolute atomic E-state index is 0.187. The highest BCUT2D eigenvalue weighted by atomic mass is 127. The lowest BCUT2D eigenvalue weighted by atomic mass is 11.7. The second-order valence-corrected chi connectivity index (χ2v) is 4.36. The van der Waals surface area contributed by atoms with Crippen LogP contribution in [0.25, 0.3) is 0 Å². The highest BCUT2D eigenvalue weighted by Crippen LogP contribution is 2.30. The van der Waals surface area contributed by atoms with Crippen LogP contribution in [0.15, 0.2) is 0 Å². The Morgan fingerprint density at radius 3 is 1.50 bits per heavy atom. The molecule has 0 aromatic rings. The van der Waals surface area contributed by atoms with Gasteiger partial charge in [0.2, 0.25) is 0 Å². The van der Waals surface area contributed by atoms with Gasteiger partial charge in [-0.15, -0.1) is 0 Å². The maximum absolute atomic E-state index is 11.3. The Labute approximate surface area is 57.4 Å². The van der Waals surface area contributed by atoms with Crippen LogP contribution < -0.4 is 0 Å². The minimum Gasteiger partial charge on any atom is -0.187 e. The minimum atomic E-state index is -5.69. The molecular weight excluding hydrogens is 260 g/mol. The van der Waals surface area contributed by atoms with E-state index in [1.807, 2.05) is 0 Å². The van der Waals surface area contributed by atoms with Gasteiger partial charge in [0.25, 0.3) is 0 Å². The van der Waals surface area contributed by atoms with Gasteiger partial charge in [-0.05, 0) is 0 Å². The molecule has 0 heterocycles. The second kappa shape index (κ2) is 2.01. The summed E-state index contributed by atoms with van der Waals surface area (Å²) in [6.45, 7) is 0. The molecule has 0 rings (SSSR count). The smallest absolute Gasteiger partial charge is 0.187 e. The molecule has 0 fully saturated rings. The van der Waals surface area contributed by atoms with Crippen LogP contribution in [-0.2, 0) is 10.2 Å². The zero-order valence-electron chi connectivity index (χ0n) is 3.24. The summed E-state index contributed by atoms with van der Waals surface area (Å²) in [5, 5.41) is 0.